The van der Waals surface area contributed by atoms with Crippen molar-refractivity contribution in [3.63, 3.8) is 0 Å². The zero-order valence-electron chi connectivity index (χ0n) is 14.5. The lowest BCUT2D eigenvalue weighted by atomic mass is 10.1. The summed E-state index contributed by atoms with van der Waals surface area (Å²) in [7, 11) is -3.81. The molecule has 0 saturated heterocycles. The average Bonchev–Trinajstić information content (AvgIpc) is 3.08. The van der Waals surface area contributed by atoms with Gasteiger partial charge in [-0.25, -0.2) is 13.1 Å². The van der Waals surface area contributed by atoms with Crippen molar-refractivity contribution in [2.75, 3.05) is 17.9 Å². The first-order valence-electron chi connectivity index (χ1n) is 8.30. The second kappa shape index (κ2) is 6.88. The Morgan fingerprint density at radius 1 is 1.11 bits per heavy atom. The number of aromatic nitrogens is 4. The first-order chi connectivity index (χ1) is 13.0. The van der Waals surface area contributed by atoms with Gasteiger partial charge < -0.3 is 9.47 Å². The fourth-order valence-electron chi connectivity index (χ4n) is 2.77. The highest BCUT2D eigenvalue weighted by Crippen LogP contribution is 2.33. The lowest BCUT2D eigenvalue weighted by Gasteiger charge is -2.14. The normalized spacial score (nSPS) is 13.8. The van der Waals surface area contributed by atoms with Crippen LogP contribution in [0.1, 0.15) is 12.0 Å². The van der Waals surface area contributed by atoms with E-state index in [9.17, 15) is 8.42 Å². The first-order valence-corrected chi connectivity index (χ1v) is 9.78. The highest BCUT2D eigenvalue weighted by Gasteiger charge is 2.20. The molecular weight excluding hydrogens is 370 g/mol. The third kappa shape index (κ3) is 3.43. The Hall–Kier alpha value is -3.14. The summed E-state index contributed by atoms with van der Waals surface area (Å²) in [6.07, 6.45) is 2.20. The maximum absolute atomic E-state index is 12.9. The van der Waals surface area contributed by atoms with E-state index >= 15 is 0 Å². The van der Waals surface area contributed by atoms with Crippen LogP contribution in [0.2, 0.25) is 0 Å². The van der Waals surface area contributed by atoms with Gasteiger partial charge in [0, 0.05) is 12.5 Å². The molecule has 2 aromatic carbocycles. The molecule has 0 spiro atoms. The van der Waals surface area contributed by atoms with Gasteiger partial charge in [-0.05, 0) is 47.2 Å². The molecule has 0 aliphatic carbocycles. The lowest BCUT2D eigenvalue weighted by Crippen LogP contribution is -2.14. The van der Waals surface area contributed by atoms with Crippen molar-refractivity contribution in [3.05, 3.63) is 48.3 Å². The number of benzene rings is 2. The SMILES string of the molecule is Cc1c(NS(=O)(=O)c2ccc3c(c2)OCCCO3)cccc1-n1cnnn1. The van der Waals surface area contributed by atoms with Crippen LogP contribution >= 0.6 is 0 Å². The van der Waals surface area contributed by atoms with Crippen molar-refractivity contribution in [2.45, 2.75) is 18.2 Å². The summed E-state index contributed by atoms with van der Waals surface area (Å²) in [4.78, 5) is 0.0963. The van der Waals surface area contributed by atoms with Crippen LogP contribution in [0.3, 0.4) is 0 Å². The second-order valence-corrected chi connectivity index (χ2v) is 7.65. The van der Waals surface area contributed by atoms with Gasteiger partial charge in [0.2, 0.25) is 0 Å². The number of hydrogen-bond acceptors (Lipinski definition) is 7. The molecule has 140 valence electrons. The van der Waals surface area contributed by atoms with Crippen molar-refractivity contribution in [2.24, 2.45) is 0 Å². The molecule has 27 heavy (non-hydrogen) atoms. The Bertz CT molecular complexity index is 1070. The maximum Gasteiger partial charge on any atom is 0.262 e. The molecule has 0 fully saturated rings. The van der Waals surface area contributed by atoms with Gasteiger partial charge in [0.1, 0.15) is 6.33 Å². The van der Waals surface area contributed by atoms with Crippen LogP contribution in [0.4, 0.5) is 5.69 Å². The zero-order chi connectivity index (χ0) is 18.9. The minimum atomic E-state index is -3.81. The van der Waals surface area contributed by atoms with E-state index in [2.05, 4.69) is 20.2 Å². The van der Waals surface area contributed by atoms with E-state index in [-0.39, 0.29) is 4.90 Å². The molecule has 1 aliphatic rings. The molecule has 3 aromatic rings. The molecule has 2 heterocycles. The van der Waals surface area contributed by atoms with E-state index in [1.54, 1.807) is 31.2 Å². The van der Waals surface area contributed by atoms with Crippen molar-refractivity contribution in [1.82, 2.24) is 20.2 Å². The highest BCUT2D eigenvalue weighted by molar-refractivity contribution is 7.92. The van der Waals surface area contributed by atoms with E-state index in [0.29, 0.717) is 41.7 Å². The second-order valence-electron chi connectivity index (χ2n) is 5.97. The average molecular weight is 387 g/mol. The quantitative estimate of drug-likeness (QED) is 0.729. The van der Waals surface area contributed by atoms with Crippen molar-refractivity contribution >= 4 is 15.7 Å². The Morgan fingerprint density at radius 3 is 2.70 bits per heavy atom. The molecular formula is C17H17N5O4S. The van der Waals surface area contributed by atoms with E-state index in [1.165, 1.54) is 23.1 Å². The largest absolute Gasteiger partial charge is 0.490 e. The molecule has 0 saturated carbocycles. The third-order valence-corrected chi connectivity index (χ3v) is 5.54. The third-order valence-electron chi connectivity index (χ3n) is 4.17. The predicted octanol–water partition coefficient (Wildman–Crippen LogP) is 1.93. The fourth-order valence-corrected chi connectivity index (χ4v) is 3.91. The van der Waals surface area contributed by atoms with Crippen LogP contribution in [0.25, 0.3) is 5.69 Å². The molecule has 0 radical (unpaired) electrons. The van der Waals surface area contributed by atoms with Gasteiger partial charge in [0.25, 0.3) is 10.0 Å². The maximum atomic E-state index is 12.9. The van der Waals surface area contributed by atoms with Crippen molar-refractivity contribution in [1.29, 1.82) is 0 Å². The molecule has 1 aliphatic heterocycles. The lowest BCUT2D eigenvalue weighted by molar-refractivity contribution is 0.297. The number of sulfonamides is 1. The molecule has 0 bridgehead atoms. The predicted molar refractivity (Wildman–Crippen MR) is 96.7 cm³/mol. The molecule has 1 aromatic heterocycles. The number of tetrazole rings is 1. The van der Waals surface area contributed by atoms with Crippen LogP contribution in [-0.2, 0) is 10.0 Å². The molecule has 0 amide bonds. The summed E-state index contributed by atoms with van der Waals surface area (Å²) < 4.78 is 41.0. The molecule has 9 nitrogen and oxygen atoms in total. The summed E-state index contributed by atoms with van der Waals surface area (Å²) in [5, 5.41) is 11.1. The molecule has 1 N–H and O–H groups in total. The molecule has 4 rings (SSSR count). The summed E-state index contributed by atoms with van der Waals surface area (Å²) in [6.45, 7) is 2.82. The van der Waals surface area contributed by atoms with Gasteiger partial charge in [-0.2, -0.15) is 0 Å². The Morgan fingerprint density at radius 2 is 1.93 bits per heavy atom. The number of ether oxygens (including phenoxy) is 2. The number of rotatable bonds is 4. The van der Waals surface area contributed by atoms with Gasteiger partial charge in [0.05, 0.1) is 29.5 Å². The van der Waals surface area contributed by atoms with Crippen LogP contribution in [0.15, 0.2) is 47.6 Å². The van der Waals surface area contributed by atoms with Gasteiger partial charge >= 0.3 is 0 Å². The van der Waals surface area contributed by atoms with Gasteiger partial charge in [-0.3, -0.25) is 4.72 Å². The number of nitrogens with one attached hydrogen (secondary N) is 1. The molecule has 0 unspecified atom stereocenters. The van der Waals surface area contributed by atoms with Crippen LogP contribution in [-0.4, -0.2) is 41.8 Å². The topological polar surface area (TPSA) is 108 Å². The van der Waals surface area contributed by atoms with E-state index < -0.39 is 10.0 Å². The highest BCUT2D eigenvalue weighted by atomic mass is 32.2. The van der Waals surface area contributed by atoms with Crippen molar-refractivity contribution < 1.29 is 17.9 Å². The first kappa shape index (κ1) is 17.3. The summed E-state index contributed by atoms with van der Waals surface area (Å²) in [5.41, 5.74) is 1.82. The van der Waals surface area contributed by atoms with Crippen LogP contribution in [0, 0.1) is 6.92 Å². The molecule has 0 atom stereocenters. The van der Waals surface area contributed by atoms with Crippen LogP contribution < -0.4 is 14.2 Å². The smallest absolute Gasteiger partial charge is 0.262 e. The monoisotopic (exact) mass is 387 g/mol. The minimum Gasteiger partial charge on any atom is -0.490 e. The Kier molecular flexibility index (Phi) is 4.40. The standard InChI is InChI=1S/C17H17N5O4S/c1-12-14(4-2-5-15(12)22-11-18-20-21-22)19-27(23,24)13-6-7-16-17(10-13)26-9-3-8-25-16/h2,4-7,10-11,19H,3,8-9H2,1H3. The van der Waals surface area contributed by atoms with Gasteiger partial charge in [0.15, 0.2) is 11.5 Å². The minimum absolute atomic E-state index is 0.0963. The Labute approximate surface area is 156 Å². The Balaban J connectivity index is 1.66. The number of nitrogens with zero attached hydrogens (tertiary/aromatic N) is 4. The van der Waals surface area contributed by atoms with Crippen LogP contribution in [0.5, 0.6) is 11.5 Å². The van der Waals surface area contributed by atoms with E-state index in [0.717, 1.165) is 6.42 Å². The number of fused-ring (bicyclic) bond motifs is 1. The summed E-state index contributed by atoms with van der Waals surface area (Å²) >= 11 is 0. The van der Waals surface area contributed by atoms with E-state index in [4.69, 9.17) is 9.47 Å². The van der Waals surface area contributed by atoms with Crippen molar-refractivity contribution in [3.8, 4) is 17.2 Å². The molecule has 10 heteroatoms. The number of hydrogen-bond donors (Lipinski definition) is 1. The number of anilines is 1. The summed E-state index contributed by atoms with van der Waals surface area (Å²) in [5.74, 6) is 0.970. The zero-order valence-corrected chi connectivity index (χ0v) is 15.3. The van der Waals surface area contributed by atoms with E-state index in [1.807, 2.05) is 0 Å². The van der Waals surface area contributed by atoms with Gasteiger partial charge in [-0.15, -0.1) is 5.10 Å². The van der Waals surface area contributed by atoms with Gasteiger partial charge in [-0.1, -0.05) is 6.07 Å². The fraction of sp³-hybridized carbons (Fsp3) is 0.235. The summed E-state index contributed by atoms with van der Waals surface area (Å²) in [6, 6.07) is 9.80.